The molecule has 9 heteroatoms. The highest BCUT2D eigenvalue weighted by Crippen LogP contribution is 2.22. The van der Waals surface area contributed by atoms with Crippen molar-refractivity contribution in [2.45, 2.75) is 0 Å². The number of rotatable bonds is 4. The van der Waals surface area contributed by atoms with E-state index in [1.54, 1.807) is 36.9 Å². The molecule has 1 fully saturated rings. The highest BCUT2D eigenvalue weighted by Gasteiger charge is 2.17. The summed E-state index contributed by atoms with van der Waals surface area (Å²) in [5.74, 6) is 1.04. The maximum absolute atomic E-state index is 12.9. The Morgan fingerprint density at radius 3 is 2.74 bits per heavy atom. The monoisotopic (exact) mass is 414 g/mol. The fourth-order valence-corrected chi connectivity index (χ4v) is 3.59. The molecule has 0 radical (unpaired) electrons. The largest absolute Gasteiger partial charge is 0.354 e. The van der Waals surface area contributed by atoms with E-state index >= 15 is 0 Å². The van der Waals surface area contributed by atoms with Crippen molar-refractivity contribution >= 4 is 28.4 Å². The Morgan fingerprint density at radius 1 is 1.06 bits per heavy atom. The topological polar surface area (TPSA) is 103 Å². The molecule has 0 unspecified atom stereocenters. The van der Waals surface area contributed by atoms with Crippen LogP contribution in [0.2, 0.25) is 0 Å². The number of nitrogens with zero attached hydrogens (tertiary/aromatic N) is 6. The van der Waals surface area contributed by atoms with Crippen LogP contribution in [0.1, 0.15) is 10.4 Å². The summed E-state index contributed by atoms with van der Waals surface area (Å²) in [6.07, 6.45) is 6.90. The average Bonchev–Trinajstić information content (AvgIpc) is 3.34. The minimum absolute atomic E-state index is 0.226. The van der Waals surface area contributed by atoms with Gasteiger partial charge in [0.1, 0.15) is 11.6 Å². The summed E-state index contributed by atoms with van der Waals surface area (Å²) in [7, 11) is 2.11. The van der Waals surface area contributed by atoms with Gasteiger partial charge in [-0.3, -0.25) is 9.89 Å². The lowest BCUT2D eigenvalue weighted by molar-refractivity contribution is 0.102. The van der Waals surface area contributed by atoms with Crippen LogP contribution in [0.15, 0.2) is 55.1 Å². The second-order valence-corrected chi connectivity index (χ2v) is 7.59. The highest BCUT2D eigenvalue weighted by molar-refractivity contribution is 6.04. The van der Waals surface area contributed by atoms with Crippen LogP contribution in [0.25, 0.3) is 22.2 Å². The van der Waals surface area contributed by atoms with Crippen molar-refractivity contribution in [1.82, 2.24) is 30.0 Å². The number of aromatic amines is 1. The lowest BCUT2D eigenvalue weighted by Gasteiger charge is -2.33. The number of pyridine rings is 3. The van der Waals surface area contributed by atoms with Gasteiger partial charge in [-0.05, 0) is 31.3 Å². The fourth-order valence-electron chi connectivity index (χ4n) is 3.59. The summed E-state index contributed by atoms with van der Waals surface area (Å²) in [5, 5.41) is 10.5. The number of H-pyrrole nitrogens is 1. The molecule has 2 N–H and O–H groups in total. The Kier molecular flexibility index (Phi) is 5.01. The van der Waals surface area contributed by atoms with Crippen LogP contribution in [0.4, 0.5) is 11.6 Å². The van der Waals surface area contributed by atoms with E-state index in [-0.39, 0.29) is 5.91 Å². The molecule has 1 aliphatic heterocycles. The van der Waals surface area contributed by atoms with Gasteiger partial charge in [0.2, 0.25) is 0 Å². The Hall–Kier alpha value is -3.85. The molecule has 0 aromatic carbocycles. The quantitative estimate of drug-likeness (QED) is 0.529. The van der Waals surface area contributed by atoms with Crippen molar-refractivity contribution in [3.05, 3.63) is 60.7 Å². The summed E-state index contributed by atoms with van der Waals surface area (Å²) in [6, 6.07) is 9.19. The highest BCUT2D eigenvalue weighted by atomic mass is 16.1. The third-order valence-electron chi connectivity index (χ3n) is 5.44. The molecule has 4 aromatic rings. The fraction of sp³-hybridized carbons (Fsp3) is 0.227. The van der Waals surface area contributed by atoms with Gasteiger partial charge in [0.15, 0.2) is 0 Å². The molecule has 5 heterocycles. The van der Waals surface area contributed by atoms with Crippen LogP contribution in [-0.4, -0.2) is 69.2 Å². The number of anilines is 2. The van der Waals surface area contributed by atoms with Crippen molar-refractivity contribution in [2.24, 2.45) is 0 Å². The van der Waals surface area contributed by atoms with E-state index in [4.69, 9.17) is 0 Å². The Bertz CT molecular complexity index is 1220. The molecule has 156 valence electrons. The maximum Gasteiger partial charge on any atom is 0.257 e. The average molecular weight is 414 g/mol. The van der Waals surface area contributed by atoms with Crippen molar-refractivity contribution in [1.29, 1.82) is 0 Å². The van der Waals surface area contributed by atoms with Gasteiger partial charge >= 0.3 is 0 Å². The number of aromatic nitrogens is 5. The zero-order valence-electron chi connectivity index (χ0n) is 17.1. The molecule has 1 aliphatic rings. The molecule has 1 saturated heterocycles. The van der Waals surface area contributed by atoms with Gasteiger partial charge < -0.3 is 15.1 Å². The molecule has 1 amide bonds. The molecule has 0 saturated carbocycles. The van der Waals surface area contributed by atoms with Crippen LogP contribution in [-0.2, 0) is 0 Å². The van der Waals surface area contributed by atoms with Crippen molar-refractivity contribution in [3.8, 4) is 11.3 Å². The molecule has 5 rings (SSSR count). The van der Waals surface area contributed by atoms with Crippen molar-refractivity contribution < 1.29 is 4.79 Å². The number of carbonyl (C=O) groups excluding carboxylic acids is 1. The molecule has 31 heavy (non-hydrogen) atoms. The van der Waals surface area contributed by atoms with Crippen LogP contribution >= 0.6 is 0 Å². The first-order valence-corrected chi connectivity index (χ1v) is 10.1. The first-order chi connectivity index (χ1) is 15.2. The number of nitrogens with one attached hydrogen (secondary N) is 2. The van der Waals surface area contributed by atoms with Gasteiger partial charge in [-0.1, -0.05) is 0 Å². The molecule has 0 atom stereocenters. The second-order valence-electron chi connectivity index (χ2n) is 7.59. The number of hydrogen-bond donors (Lipinski definition) is 2. The molecular weight excluding hydrogens is 392 g/mol. The summed E-state index contributed by atoms with van der Waals surface area (Å²) >= 11 is 0. The summed E-state index contributed by atoms with van der Waals surface area (Å²) in [5.41, 5.74) is 3.00. The van der Waals surface area contributed by atoms with E-state index in [0.717, 1.165) is 54.2 Å². The first kappa shape index (κ1) is 19.1. The Morgan fingerprint density at radius 2 is 1.94 bits per heavy atom. The third-order valence-corrected chi connectivity index (χ3v) is 5.44. The van der Waals surface area contributed by atoms with E-state index in [0.29, 0.717) is 11.4 Å². The zero-order chi connectivity index (χ0) is 21.2. The van der Waals surface area contributed by atoms with Gasteiger partial charge in [-0.25, -0.2) is 15.0 Å². The summed E-state index contributed by atoms with van der Waals surface area (Å²) in [4.78, 5) is 30.8. The van der Waals surface area contributed by atoms with Crippen LogP contribution in [0.3, 0.4) is 0 Å². The van der Waals surface area contributed by atoms with Crippen LogP contribution in [0, 0.1) is 0 Å². The molecule has 0 aliphatic carbocycles. The predicted octanol–water partition coefficient (Wildman–Crippen LogP) is 2.42. The number of amides is 1. The van der Waals surface area contributed by atoms with Gasteiger partial charge in [0, 0.05) is 67.3 Å². The lowest BCUT2D eigenvalue weighted by atomic mass is 10.2. The minimum Gasteiger partial charge on any atom is -0.354 e. The standard InChI is InChI=1S/C22H22N8O/c1-29-6-8-30(9-7-29)21-10-15(4-5-23-21)22(31)28-20-11-19-16(12-24-20)2-3-18(27-19)17-13-25-26-14-17/h2-5,10-14H,6-9H2,1H3,(H,25,26)(H,24,28,31). The molecule has 9 nitrogen and oxygen atoms in total. The number of piperazine rings is 1. The van der Waals surface area contributed by atoms with Gasteiger partial charge in [0.25, 0.3) is 5.91 Å². The zero-order valence-corrected chi connectivity index (χ0v) is 17.1. The first-order valence-electron chi connectivity index (χ1n) is 10.1. The molecule has 4 aromatic heterocycles. The van der Waals surface area contributed by atoms with Gasteiger partial charge in [-0.2, -0.15) is 5.10 Å². The van der Waals surface area contributed by atoms with Crippen molar-refractivity contribution in [3.63, 3.8) is 0 Å². The molecule has 0 spiro atoms. The molecule has 0 bridgehead atoms. The normalized spacial score (nSPS) is 14.7. The second kappa shape index (κ2) is 8.11. The number of likely N-dealkylation sites (N-methyl/N-ethyl adjacent to an activating group) is 1. The lowest BCUT2D eigenvalue weighted by Crippen LogP contribution is -2.44. The molecular formula is C22H22N8O. The SMILES string of the molecule is CN1CCN(c2cc(C(=O)Nc3cc4nc(-c5cn[nH]c5)ccc4cn3)ccn2)CC1. The summed E-state index contributed by atoms with van der Waals surface area (Å²) in [6.45, 7) is 3.75. The van der Waals surface area contributed by atoms with Gasteiger partial charge in [-0.15, -0.1) is 0 Å². The van der Waals surface area contributed by atoms with Crippen molar-refractivity contribution in [2.75, 3.05) is 43.4 Å². The van der Waals surface area contributed by atoms with E-state index < -0.39 is 0 Å². The minimum atomic E-state index is -0.226. The van der Waals surface area contributed by atoms with E-state index in [9.17, 15) is 4.79 Å². The van der Waals surface area contributed by atoms with Crippen LogP contribution in [0.5, 0.6) is 0 Å². The number of carbonyl (C=O) groups is 1. The van der Waals surface area contributed by atoms with E-state index in [2.05, 4.69) is 47.3 Å². The van der Waals surface area contributed by atoms with E-state index in [1.807, 2.05) is 18.2 Å². The van der Waals surface area contributed by atoms with Crippen LogP contribution < -0.4 is 10.2 Å². The Balaban J connectivity index is 1.35. The Labute approximate surface area is 179 Å². The van der Waals surface area contributed by atoms with Gasteiger partial charge in [0.05, 0.1) is 17.4 Å². The smallest absolute Gasteiger partial charge is 0.257 e. The van der Waals surface area contributed by atoms with E-state index in [1.165, 1.54) is 0 Å². The number of fused-ring (bicyclic) bond motifs is 1. The predicted molar refractivity (Wildman–Crippen MR) is 119 cm³/mol. The number of hydrogen-bond acceptors (Lipinski definition) is 7. The third kappa shape index (κ3) is 4.08. The maximum atomic E-state index is 12.9. The summed E-state index contributed by atoms with van der Waals surface area (Å²) < 4.78 is 0.